The summed E-state index contributed by atoms with van der Waals surface area (Å²) in [4.78, 5) is 15.1. The number of fused-ring (bicyclic) bond motifs is 1. The first-order valence-electron chi connectivity index (χ1n) is 4.12. The Balaban J connectivity index is 2.56. The number of aryl methyl sites for hydroxylation is 1. The third-order valence-electron chi connectivity index (χ3n) is 1.85. The molecule has 0 radical (unpaired) electrons. The number of carbonyl (C=O) groups excluding carboxylic acids is 1. The number of pyridine rings is 1. The average Bonchev–Trinajstić information content (AvgIpc) is 2.59. The van der Waals surface area contributed by atoms with Gasteiger partial charge in [-0.2, -0.15) is 0 Å². The predicted octanol–water partition coefficient (Wildman–Crippen LogP) is 0.824. The lowest BCUT2D eigenvalue weighted by atomic mass is 10.3. The maximum atomic E-state index is 11.1. The second-order valence-corrected chi connectivity index (χ2v) is 2.94. The molecule has 0 saturated heterocycles. The van der Waals surface area contributed by atoms with E-state index in [4.69, 9.17) is 0 Å². The Morgan fingerprint density at radius 1 is 1.50 bits per heavy atom. The summed E-state index contributed by atoms with van der Waals surface area (Å²) in [7, 11) is 1.30. The Labute approximate surface area is 80.3 Å². The van der Waals surface area contributed by atoms with Crippen molar-refractivity contribution in [1.82, 2.24) is 14.6 Å². The molecular formula is C9H9N3O2. The van der Waals surface area contributed by atoms with Crippen molar-refractivity contribution in [3.05, 3.63) is 29.7 Å². The van der Waals surface area contributed by atoms with Gasteiger partial charge in [0.15, 0.2) is 5.65 Å². The van der Waals surface area contributed by atoms with Gasteiger partial charge in [0, 0.05) is 6.20 Å². The number of rotatable bonds is 1. The van der Waals surface area contributed by atoms with E-state index in [0.717, 1.165) is 5.56 Å². The van der Waals surface area contributed by atoms with Gasteiger partial charge in [0.05, 0.1) is 7.11 Å². The molecule has 14 heavy (non-hydrogen) atoms. The van der Waals surface area contributed by atoms with E-state index in [0.29, 0.717) is 5.65 Å². The van der Waals surface area contributed by atoms with Crippen molar-refractivity contribution in [1.29, 1.82) is 0 Å². The van der Waals surface area contributed by atoms with Crippen LogP contribution in [0.25, 0.3) is 5.65 Å². The minimum atomic E-state index is -0.522. The highest BCUT2D eigenvalue weighted by Crippen LogP contribution is 2.04. The molecule has 2 aromatic rings. The maximum Gasteiger partial charge on any atom is 0.377 e. The van der Waals surface area contributed by atoms with Crippen molar-refractivity contribution in [2.75, 3.05) is 7.11 Å². The zero-order valence-electron chi connectivity index (χ0n) is 7.89. The van der Waals surface area contributed by atoms with Gasteiger partial charge in [0.2, 0.25) is 0 Å². The number of carbonyl (C=O) groups is 1. The number of hydrogen-bond acceptors (Lipinski definition) is 4. The Morgan fingerprint density at radius 2 is 2.29 bits per heavy atom. The van der Waals surface area contributed by atoms with Gasteiger partial charge in [-0.3, -0.25) is 0 Å². The predicted molar refractivity (Wildman–Crippen MR) is 49.1 cm³/mol. The van der Waals surface area contributed by atoms with E-state index >= 15 is 0 Å². The lowest BCUT2D eigenvalue weighted by Crippen LogP contribution is -2.03. The van der Waals surface area contributed by atoms with Crippen LogP contribution in [0.5, 0.6) is 0 Å². The molecule has 2 rings (SSSR count). The average molecular weight is 191 g/mol. The highest BCUT2D eigenvalue weighted by molar-refractivity contribution is 5.85. The van der Waals surface area contributed by atoms with Gasteiger partial charge in [0.1, 0.15) is 0 Å². The number of aromatic nitrogens is 3. The van der Waals surface area contributed by atoms with Crippen molar-refractivity contribution in [3.8, 4) is 0 Å². The van der Waals surface area contributed by atoms with Crippen LogP contribution in [0, 0.1) is 6.92 Å². The number of methoxy groups -OCH3 is 1. The quantitative estimate of drug-likeness (QED) is 0.626. The minimum Gasteiger partial charge on any atom is -0.463 e. The van der Waals surface area contributed by atoms with E-state index in [9.17, 15) is 4.79 Å². The highest BCUT2D eigenvalue weighted by atomic mass is 16.5. The topological polar surface area (TPSA) is 56.5 Å². The summed E-state index contributed by atoms with van der Waals surface area (Å²) in [5.41, 5.74) is 1.69. The summed E-state index contributed by atoms with van der Waals surface area (Å²) in [6, 6.07) is 3.71. The summed E-state index contributed by atoms with van der Waals surface area (Å²) in [5, 5.41) is 3.98. The molecule has 0 N–H and O–H groups in total. The van der Waals surface area contributed by atoms with Gasteiger partial charge in [-0.25, -0.2) is 14.3 Å². The molecule has 5 nitrogen and oxygen atoms in total. The SMILES string of the molecule is COC(=O)c1nc2ccc(C)cn2n1. The molecule has 0 saturated carbocycles. The second kappa shape index (κ2) is 3.10. The van der Waals surface area contributed by atoms with E-state index in [1.165, 1.54) is 7.11 Å². The second-order valence-electron chi connectivity index (χ2n) is 2.94. The Kier molecular flexibility index (Phi) is 1.92. The van der Waals surface area contributed by atoms with Crippen molar-refractivity contribution < 1.29 is 9.53 Å². The molecular weight excluding hydrogens is 182 g/mol. The lowest BCUT2D eigenvalue weighted by Gasteiger charge is -1.91. The van der Waals surface area contributed by atoms with Crippen LogP contribution in [0.15, 0.2) is 18.3 Å². The standard InChI is InChI=1S/C9H9N3O2/c1-6-3-4-7-10-8(9(13)14-2)11-12(7)5-6/h3-5H,1-2H3. The third kappa shape index (κ3) is 1.32. The molecule has 0 atom stereocenters. The molecule has 72 valence electrons. The molecule has 2 heterocycles. The molecule has 0 aliphatic heterocycles. The number of esters is 1. The molecule has 5 heteroatoms. The van der Waals surface area contributed by atoms with E-state index in [1.807, 2.05) is 13.0 Å². The van der Waals surface area contributed by atoms with Crippen LogP contribution in [0.2, 0.25) is 0 Å². The van der Waals surface area contributed by atoms with Crippen LogP contribution in [-0.2, 0) is 4.74 Å². The van der Waals surface area contributed by atoms with Crippen LogP contribution in [-0.4, -0.2) is 27.7 Å². The van der Waals surface area contributed by atoms with Crippen molar-refractivity contribution in [2.24, 2.45) is 0 Å². The molecule has 0 unspecified atom stereocenters. The van der Waals surface area contributed by atoms with Crippen LogP contribution in [0.3, 0.4) is 0 Å². The van der Waals surface area contributed by atoms with Crippen LogP contribution in [0.4, 0.5) is 0 Å². The molecule has 0 bridgehead atoms. The molecule has 0 fully saturated rings. The highest BCUT2D eigenvalue weighted by Gasteiger charge is 2.12. The van der Waals surface area contributed by atoms with Gasteiger partial charge in [-0.05, 0) is 18.6 Å². The molecule has 0 aliphatic carbocycles. The maximum absolute atomic E-state index is 11.1. The first kappa shape index (κ1) is 8.68. The third-order valence-corrected chi connectivity index (χ3v) is 1.85. The Bertz CT molecular complexity index is 490. The van der Waals surface area contributed by atoms with Gasteiger partial charge >= 0.3 is 5.97 Å². The molecule has 0 aliphatic rings. The van der Waals surface area contributed by atoms with E-state index in [2.05, 4.69) is 14.8 Å². The van der Waals surface area contributed by atoms with Gasteiger partial charge in [-0.15, -0.1) is 5.10 Å². The van der Waals surface area contributed by atoms with Crippen molar-refractivity contribution >= 4 is 11.6 Å². The van der Waals surface area contributed by atoms with Gasteiger partial charge in [0.25, 0.3) is 5.82 Å². The normalized spacial score (nSPS) is 10.4. The summed E-state index contributed by atoms with van der Waals surface area (Å²) in [6.45, 7) is 1.94. The first-order chi connectivity index (χ1) is 6.70. The summed E-state index contributed by atoms with van der Waals surface area (Å²) in [5.74, 6) is -0.440. The van der Waals surface area contributed by atoms with Crippen LogP contribution < -0.4 is 0 Å². The number of hydrogen-bond donors (Lipinski definition) is 0. The zero-order chi connectivity index (χ0) is 10.1. The fraction of sp³-hybridized carbons (Fsp3) is 0.222. The van der Waals surface area contributed by atoms with E-state index < -0.39 is 5.97 Å². The zero-order valence-corrected chi connectivity index (χ0v) is 7.89. The fourth-order valence-corrected chi connectivity index (χ4v) is 1.16. The molecule has 0 spiro atoms. The molecule has 0 amide bonds. The van der Waals surface area contributed by atoms with Crippen LogP contribution in [0.1, 0.15) is 16.2 Å². The van der Waals surface area contributed by atoms with Crippen molar-refractivity contribution in [3.63, 3.8) is 0 Å². The molecule has 2 aromatic heterocycles. The Hall–Kier alpha value is -1.91. The molecule has 0 aromatic carbocycles. The van der Waals surface area contributed by atoms with Crippen molar-refractivity contribution in [2.45, 2.75) is 6.92 Å². The minimum absolute atomic E-state index is 0.0816. The monoisotopic (exact) mass is 191 g/mol. The first-order valence-corrected chi connectivity index (χ1v) is 4.12. The lowest BCUT2D eigenvalue weighted by molar-refractivity contribution is 0.0587. The van der Waals surface area contributed by atoms with E-state index in [1.54, 1.807) is 16.8 Å². The smallest absolute Gasteiger partial charge is 0.377 e. The van der Waals surface area contributed by atoms with Gasteiger partial charge in [-0.1, -0.05) is 6.07 Å². The fourth-order valence-electron chi connectivity index (χ4n) is 1.16. The summed E-state index contributed by atoms with van der Waals surface area (Å²) in [6.07, 6.45) is 1.80. The van der Waals surface area contributed by atoms with E-state index in [-0.39, 0.29) is 5.82 Å². The number of nitrogens with zero attached hydrogens (tertiary/aromatic N) is 3. The largest absolute Gasteiger partial charge is 0.463 e. The Morgan fingerprint density at radius 3 is 3.00 bits per heavy atom. The summed E-state index contributed by atoms with van der Waals surface area (Å²) < 4.78 is 6.08. The van der Waals surface area contributed by atoms with Gasteiger partial charge < -0.3 is 4.74 Å². The number of ether oxygens (including phenoxy) is 1. The van der Waals surface area contributed by atoms with Crippen LogP contribution >= 0.6 is 0 Å². The summed E-state index contributed by atoms with van der Waals surface area (Å²) >= 11 is 0.